The molecule has 1 amide bonds. The molecule has 1 N–H and O–H groups in total. The number of benzene rings is 1. The number of methoxy groups -OCH3 is 1. The predicted octanol–water partition coefficient (Wildman–Crippen LogP) is 3.42. The molecule has 1 aliphatic carbocycles. The molecule has 1 saturated carbocycles. The molecule has 0 saturated heterocycles. The first kappa shape index (κ1) is 17.6. The number of amides is 1. The van der Waals surface area contributed by atoms with E-state index in [0.29, 0.717) is 19.1 Å². The third kappa shape index (κ3) is 3.79. The second-order valence-corrected chi connectivity index (χ2v) is 8.21. The van der Waals surface area contributed by atoms with E-state index in [9.17, 15) is 4.79 Å². The van der Waals surface area contributed by atoms with E-state index in [4.69, 9.17) is 4.74 Å². The highest BCUT2D eigenvalue weighted by atomic mass is 32.1. The Bertz CT molecular complexity index is 769. The van der Waals surface area contributed by atoms with Crippen LogP contribution < -0.4 is 10.1 Å². The van der Waals surface area contributed by atoms with Gasteiger partial charge < -0.3 is 10.1 Å². The highest BCUT2D eigenvalue weighted by Gasteiger charge is 2.40. The van der Waals surface area contributed by atoms with Crippen molar-refractivity contribution in [2.45, 2.75) is 31.7 Å². The molecule has 0 radical (unpaired) electrons. The first-order valence-electron chi connectivity index (χ1n) is 9.45. The highest BCUT2D eigenvalue weighted by Crippen LogP contribution is 2.48. The second-order valence-electron chi connectivity index (χ2n) is 7.21. The molecule has 1 fully saturated rings. The lowest BCUT2D eigenvalue weighted by Gasteiger charge is -2.35. The number of ether oxygens (including phenoxy) is 1. The fourth-order valence-electron chi connectivity index (χ4n) is 4.03. The molecule has 0 unspecified atom stereocenters. The van der Waals surface area contributed by atoms with Gasteiger partial charge in [0.05, 0.1) is 13.7 Å². The molecular formula is C21H26N2O2S. The summed E-state index contributed by atoms with van der Waals surface area (Å²) in [5, 5.41) is 5.30. The number of hydrogen-bond acceptors (Lipinski definition) is 4. The first-order chi connectivity index (χ1) is 12.8. The Morgan fingerprint density at radius 1 is 1.31 bits per heavy atom. The van der Waals surface area contributed by atoms with E-state index in [1.807, 2.05) is 29.5 Å². The van der Waals surface area contributed by atoms with Gasteiger partial charge >= 0.3 is 0 Å². The number of para-hydroxylation sites is 1. The summed E-state index contributed by atoms with van der Waals surface area (Å²) in [4.78, 5) is 16.4. The Kier molecular flexibility index (Phi) is 5.27. The molecule has 4 rings (SSSR count). The van der Waals surface area contributed by atoms with Gasteiger partial charge in [-0.3, -0.25) is 9.69 Å². The monoisotopic (exact) mass is 370 g/mol. The molecule has 2 aromatic rings. The van der Waals surface area contributed by atoms with Crippen LogP contribution in [0, 0.1) is 5.92 Å². The Hall–Kier alpha value is -1.85. The van der Waals surface area contributed by atoms with E-state index in [2.05, 4.69) is 27.7 Å². The van der Waals surface area contributed by atoms with Crippen molar-refractivity contribution in [1.82, 2.24) is 10.2 Å². The van der Waals surface area contributed by atoms with Crippen LogP contribution in [0.3, 0.4) is 0 Å². The normalized spacial score (nSPS) is 19.8. The maximum absolute atomic E-state index is 12.5. The number of hydrogen-bond donors (Lipinski definition) is 1. The van der Waals surface area contributed by atoms with Crippen molar-refractivity contribution in [2.24, 2.45) is 5.92 Å². The summed E-state index contributed by atoms with van der Waals surface area (Å²) in [6, 6.07) is 10.7. The summed E-state index contributed by atoms with van der Waals surface area (Å²) in [7, 11) is 1.69. The van der Waals surface area contributed by atoms with Gasteiger partial charge in [0.1, 0.15) is 5.75 Å². The fraction of sp³-hybridized carbons (Fsp3) is 0.476. The summed E-state index contributed by atoms with van der Waals surface area (Å²) < 4.78 is 5.38. The summed E-state index contributed by atoms with van der Waals surface area (Å²) in [6.07, 6.45) is 4.46. The van der Waals surface area contributed by atoms with Crippen LogP contribution in [0.1, 0.15) is 34.9 Å². The van der Waals surface area contributed by atoms with Crippen LogP contribution in [0.5, 0.6) is 5.75 Å². The van der Waals surface area contributed by atoms with Crippen LogP contribution in [0.2, 0.25) is 0 Å². The Morgan fingerprint density at radius 3 is 2.96 bits per heavy atom. The zero-order chi connectivity index (χ0) is 17.9. The van der Waals surface area contributed by atoms with Crippen LogP contribution >= 0.6 is 11.3 Å². The van der Waals surface area contributed by atoms with Crippen LogP contribution in [0.4, 0.5) is 0 Å². The fourth-order valence-corrected chi connectivity index (χ4v) is 4.94. The van der Waals surface area contributed by atoms with Gasteiger partial charge in [-0.25, -0.2) is 0 Å². The lowest BCUT2D eigenvalue weighted by Crippen LogP contribution is -2.43. The number of rotatable bonds is 7. The topological polar surface area (TPSA) is 41.6 Å². The molecule has 1 aliphatic heterocycles. The maximum Gasteiger partial charge on any atom is 0.234 e. The third-order valence-corrected chi connectivity index (χ3v) is 6.44. The average Bonchev–Trinajstić information content (AvgIpc) is 3.38. The SMILES string of the molecule is COc1ccccc1CCNC(=O)CN1CCc2sccc2[C@@H]1C1CC1. The molecule has 138 valence electrons. The number of nitrogens with zero attached hydrogens (tertiary/aromatic N) is 1. The van der Waals surface area contributed by atoms with Gasteiger partial charge in [-0.05, 0) is 60.2 Å². The molecular weight excluding hydrogens is 344 g/mol. The Morgan fingerprint density at radius 2 is 2.15 bits per heavy atom. The van der Waals surface area contributed by atoms with Crippen molar-refractivity contribution in [2.75, 3.05) is 26.7 Å². The molecule has 0 spiro atoms. The minimum atomic E-state index is 0.129. The van der Waals surface area contributed by atoms with Gasteiger partial charge in [0.25, 0.3) is 0 Å². The molecule has 4 nitrogen and oxygen atoms in total. The molecule has 2 aliphatic rings. The van der Waals surface area contributed by atoms with E-state index in [1.54, 1.807) is 7.11 Å². The minimum absolute atomic E-state index is 0.129. The molecule has 2 heterocycles. The zero-order valence-electron chi connectivity index (χ0n) is 15.2. The average molecular weight is 371 g/mol. The number of thiophene rings is 1. The van der Waals surface area contributed by atoms with Gasteiger partial charge in [0, 0.05) is 24.0 Å². The lowest BCUT2D eigenvalue weighted by atomic mass is 9.96. The van der Waals surface area contributed by atoms with E-state index < -0.39 is 0 Å². The number of carbonyl (C=O) groups excluding carboxylic acids is 1. The van der Waals surface area contributed by atoms with Crippen molar-refractivity contribution in [1.29, 1.82) is 0 Å². The third-order valence-electron chi connectivity index (χ3n) is 5.44. The van der Waals surface area contributed by atoms with Crippen molar-refractivity contribution in [3.63, 3.8) is 0 Å². The summed E-state index contributed by atoms with van der Waals surface area (Å²) in [5.74, 6) is 1.76. The minimum Gasteiger partial charge on any atom is -0.496 e. The van der Waals surface area contributed by atoms with Crippen molar-refractivity contribution < 1.29 is 9.53 Å². The van der Waals surface area contributed by atoms with Crippen LogP contribution in [-0.4, -0.2) is 37.6 Å². The zero-order valence-corrected chi connectivity index (χ0v) is 16.1. The van der Waals surface area contributed by atoms with Gasteiger partial charge in [0.15, 0.2) is 0 Å². The van der Waals surface area contributed by atoms with Gasteiger partial charge in [-0.15, -0.1) is 11.3 Å². The Balaban J connectivity index is 1.32. The standard InChI is InChI=1S/C21H26N2O2S/c1-25-18-5-3-2-4-15(18)8-11-22-20(24)14-23-12-9-19-17(10-13-26-19)21(23)16-6-7-16/h2-5,10,13,16,21H,6-9,11-12,14H2,1H3,(H,22,24)/t21-/m0/s1. The molecule has 1 aromatic carbocycles. The summed E-state index contributed by atoms with van der Waals surface area (Å²) >= 11 is 1.87. The largest absolute Gasteiger partial charge is 0.496 e. The highest BCUT2D eigenvalue weighted by molar-refractivity contribution is 7.10. The molecule has 1 atom stereocenters. The van der Waals surface area contributed by atoms with E-state index in [0.717, 1.165) is 36.6 Å². The van der Waals surface area contributed by atoms with Gasteiger partial charge in [-0.1, -0.05) is 18.2 Å². The number of fused-ring (bicyclic) bond motifs is 1. The van der Waals surface area contributed by atoms with Gasteiger partial charge in [0.2, 0.25) is 5.91 Å². The number of carbonyl (C=O) groups is 1. The second kappa shape index (κ2) is 7.80. The van der Waals surface area contributed by atoms with E-state index >= 15 is 0 Å². The van der Waals surface area contributed by atoms with Crippen molar-refractivity contribution >= 4 is 17.2 Å². The predicted molar refractivity (Wildman–Crippen MR) is 105 cm³/mol. The smallest absolute Gasteiger partial charge is 0.234 e. The first-order valence-corrected chi connectivity index (χ1v) is 10.3. The van der Waals surface area contributed by atoms with Gasteiger partial charge in [-0.2, -0.15) is 0 Å². The molecule has 1 aromatic heterocycles. The summed E-state index contributed by atoms with van der Waals surface area (Å²) in [5.41, 5.74) is 2.61. The van der Waals surface area contributed by atoms with Crippen LogP contribution in [-0.2, 0) is 17.6 Å². The summed E-state index contributed by atoms with van der Waals surface area (Å²) in [6.45, 7) is 2.14. The molecule has 5 heteroatoms. The maximum atomic E-state index is 12.5. The molecule has 0 bridgehead atoms. The molecule has 26 heavy (non-hydrogen) atoms. The van der Waals surface area contributed by atoms with Crippen LogP contribution in [0.15, 0.2) is 35.7 Å². The van der Waals surface area contributed by atoms with E-state index in [1.165, 1.54) is 23.3 Å². The van der Waals surface area contributed by atoms with Crippen molar-refractivity contribution in [3.05, 3.63) is 51.7 Å². The Labute approximate surface area is 159 Å². The van der Waals surface area contributed by atoms with Crippen LogP contribution in [0.25, 0.3) is 0 Å². The quantitative estimate of drug-likeness (QED) is 0.812. The van der Waals surface area contributed by atoms with E-state index in [-0.39, 0.29) is 5.91 Å². The lowest BCUT2D eigenvalue weighted by molar-refractivity contribution is -0.123. The van der Waals surface area contributed by atoms with Crippen molar-refractivity contribution in [3.8, 4) is 5.75 Å². The number of nitrogens with one attached hydrogen (secondary N) is 1.